The molecule has 2 aliphatic carbocycles. The lowest BCUT2D eigenvalue weighted by molar-refractivity contribution is 0.320. The van der Waals surface area contributed by atoms with Crippen LogP contribution in [0.1, 0.15) is 109 Å². The first-order valence-electron chi connectivity index (χ1n) is 13.4. The Balaban J connectivity index is 2.14. The van der Waals surface area contributed by atoms with E-state index in [0.29, 0.717) is 5.92 Å². The second kappa shape index (κ2) is 9.88. The average Bonchev–Trinajstić information content (AvgIpc) is 3.06. The van der Waals surface area contributed by atoms with E-state index in [0.717, 1.165) is 36.9 Å². The number of fused-ring (bicyclic) bond motifs is 3. The number of benzene rings is 1. The van der Waals surface area contributed by atoms with Crippen molar-refractivity contribution in [1.82, 2.24) is 4.98 Å². The quantitative estimate of drug-likeness (QED) is 0.395. The molecule has 0 amide bonds. The maximum atomic E-state index is 14.0. The van der Waals surface area contributed by atoms with Crippen LogP contribution in [0.5, 0.6) is 0 Å². The molecule has 35 heavy (non-hydrogen) atoms. The van der Waals surface area contributed by atoms with Gasteiger partial charge in [-0.15, -0.1) is 0 Å². The van der Waals surface area contributed by atoms with Crippen LogP contribution in [0, 0.1) is 17.2 Å². The third kappa shape index (κ3) is 4.95. The van der Waals surface area contributed by atoms with Gasteiger partial charge in [-0.1, -0.05) is 103 Å². The van der Waals surface area contributed by atoms with Crippen LogP contribution in [0.3, 0.4) is 0 Å². The topological polar surface area (TPSA) is 12.9 Å². The van der Waals surface area contributed by atoms with Crippen molar-refractivity contribution in [2.45, 2.75) is 91.4 Å². The molecule has 1 heterocycles. The monoisotopic (exact) mass is 471 g/mol. The molecule has 1 nitrogen and oxygen atoms in total. The summed E-state index contributed by atoms with van der Waals surface area (Å²) in [7, 11) is 0. The minimum atomic E-state index is -0.196. The Morgan fingerprint density at radius 2 is 1.77 bits per heavy atom. The van der Waals surface area contributed by atoms with Crippen LogP contribution in [0.15, 0.2) is 54.6 Å². The summed E-state index contributed by atoms with van der Waals surface area (Å²) >= 11 is 0. The molecule has 2 heteroatoms. The SMILES string of the molecule is CCC(C)/C=C/c1c(C(C)C)nc2c(c1-c1ccc(F)cc1)C(C)(C)CCC1(C)C=CCC=CC21. The van der Waals surface area contributed by atoms with Crippen molar-refractivity contribution in [3.05, 3.63) is 83.0 Å². The van der Waals surface area contributed by atoms with Crippen LogP contribution >= 0.6 is 0 Å². The number of nitrogens with zero attached hydrogens (tertiary/aromatic N) is 1. The van der Waals surface area contributed by atoms with E-state index in [1.165, 1.54) is 22.4 Å². The van der Waals surface area contributed by atoms with Crippen LogP contribution in [-0.2, 0) is 5.41 Å². The highest BCUT2D eigenvalue weighted by Gasteiger charge is 2.43. The summed E-state index contributed by atoms with van der Waals surface area (Å²) in [4.78, 5) is 5.54. The first-order valence-corrected chi connectivity index (χ1v) is 13.4. The smallest absolute Gasteiger partial charge is 0.123 e. The molecule has 0 bridgehead atoms. The maximum Gasteiger partial charge on any atom is 0.123 e. The van der Waals surface area contributed by atoms with E-state index in [1.807, 2.05) is 12.1 Å². The standard InChI is InChI=1S/C33H42FN/c1-8-23(4)13-18-26-28(24-14-16-25(34)17-15-24)29-31(35-30(26)22(2)3)27-12-10-9-11-19-33(27,7)21-20-32(29,5)6/h10-19,22-23,27H,8-9,20-21H2,1-7H3/b18-13+. The van der Waals surface area contributed by atoms with Gasteiger partial charge in [-0.3, -0.25) is 4.98 Å². The average molecular weight is 472 g/mol. The van der Waals surface area contributed by atoms with Crippen LogP contribution in [0.2, 0.25) is 0 Å². The van der Waals surface area contributed by atoms with Crippen molar-refractivity contribution >= 4 is 6.08 Å². The number of halogens is 1. The number of allylic oxidation sites excluding steroid dienone is 5. The molecule has 0 spiro atoms. The lowest BCUT2D eigenvalue weighted by atomic mass is 9.72. The van der Waals surface area contributed by atoms with Crippen molar-refractivity contribution in [3.63, 3.8) is 0 Å². The molecule has 0 saturated heterocycles. The van der Waals surface area contributed by atoms with Crippen molar-refractivity contribution in [2.75, 3.05) is 0 Å². The summed E-state index contributed by atoms with van der Waals surface area (Å²) in [6.07, 6.45) is 18.4. The summed E-state index contributed by atoms with van der Waals surface area (Å²) in [5.74, 6) is 0.792. The van der Waals surface area contributed by atoms with Gasteiger partial charge in [0.05, 0.1) is 11.4 Å². The normalized spacial score (nSPS) is 24.2. The molecular formula is C33H42FN. The van der Waals surface area contributed by atoms with Gasteiger partial charge in [0.2, 0.25) is 0 Å². The Labute approximate surface area is 212 Å². The number of aromatic nitrogens is 1. The van der Waals surface area contributed by atoms with Gasteiger partial charge in [0.15, 0.2) is 0 Å². The molecule has 3 atom stereocenters. The van der Waals surface area contributed by atoms with Gasteiger partial charge >= 0.3 is 0 Å². The molecular weight excluding hydrogens is 429 g/mol. The molecule has 0 fully saturated rings. The van der Waals surface area contributed by atoms with Gasteiger partial charge in [-0.25, -0.2) is 4.39 Å². The van der Waals surface area contributed by atoms with Gasteiger partial charge in [-0.05, 0) is 70.8 Å². The Kier molecular flexibility index (Phi) is 7.23. The van der Waals surface area contributed by atoms with Gasteiger partial charge in [-0.2, -0.15) is 0 Å². The number of hydrogen-bond donors (Lipinski definition) is 0. The largest absolute Gasteiger partial charge is 0.256 e. The van der Waals surface area contributed by atoms with Crippen LogP contribution < -0.4 is 0 Å². The zero-order valence-electron chi connectivity index (χ0n) is 22.7. The maximum absolute atomic E-state index is 14.0. The predicted molar refractivity (Wildman–Crippen MR) is 148 cm³/mol. The molecule has 0 radical (unpaired) electrons. The first-order chi connectivity index (χ1) is 16.6. The summed E-state index contributed by atoms with van der Waals surface area (Å²) in [6.45, 7) is 16.1. The van der Waals surface area contributed by atoms with E-state index in [1.54, 1.807) is 12.1 Å². The minimum absolute atomic E-state index is 0.0327. The van der Waals surface area contributed by atoms with Crippen molar-refractivity contribution < 1.29 is 4.39 Å². The third-order valence-corrected chi connectivity index (χ3v) is 8.28. The third-order valence-electron chi connectivity index (χ3n) is 8.28. The number of rotatable bonds is 5. The Morgan fingerprint density at radius 3 is 2.43 bits per heavy atom. The molecule has 2 aliphatic rings. The zero-order valence-corrected chi connectivity index (χ0v) is 22.7. The molecule has 0 saturated carbocycles. The number of hydrogen-bond acceptors (Lipinski definition) is 1. The fourth-order valence-electron chi connectivity index (χ4n) is 5.77. The van der Waals surface area contributed by atoms with Crippen LogP contribution in [-0.4, -0.2) is 4.98 Å². The van der Waals surface area contributed by atoms with E-state index in [4.69, 9.17) is 4.98 Å². The summed E-state index contributed by atoms with van der Waals surface area (Å²) < 4.78 is 14.0. The van der Waals surface area contributed by atoms with Crippen LogP contribution in [0.25, 0.3) is 17.2 Å². The van der Waals surface area contributed by atoms with Gasteiger partial charge in [0, 0.05) is 11.5 Å². The Hall–Kier alpha value is -2.48. The lowest BCUT2D eigenvalue weighted by Gasteiger charge is -2.33. The fraction of sp³-hybridized carbons (Fsp3) is 0.485. The Morgan fingerprint density at radius 1 is 1.06 bits per heavy atom. The fourth-order valence-corrected chi connectivity index (χ4v) is 5.77. The highest BCUT2D eigenvalue weighted by atomic mass is 19.1. The highest BCUT2D eigenvalue weighted by molar-refractivity contribution is 5.81. The molecule has 2 aromatic rings. The van der Waals surface area contributed by atoms with Crippen molar-refractivity contribution in [2.24, 2.45) is 11.3 Å². The molecule has 3 unspecified atom stereocenters. The van der Waals surface area contributed by atoms with E-state index in [9.17, 15) is 4.39 Å². The van der Waals surface area contributed by atoms with Crippen molar-refractivity contribution in [1.29, 1.82) is 0 Å². The molecule has 1 aromatic carbocycles. The molecule has 1 aromatic heterocycles. The molecule has 186 valence electrons. The van der Waals surface area contributed by atoms with Crippen LogP contribution in [0.4, 0.5) is 4.39 Å². The predicted octanol–water partition coefficient (Wildman–Crippen LogP) is 9.75. The zero-order chi connectivity index (χ0) is 25.4. The van der Waals surface area contributed by atoms with E-state index < -0.39 is 0 Å². The van der Waals surface area contributed by atoms with Crippen molar-refractivity contribution in [3.8, 4) is 11.1 Å². The summed E-state index contributed by atoms with van der Waals surface area (Å²) in [6, 6.07) is 7.11. The summed E-state index contributed by atoms with van der Waals surface area (Å²) in [5.41, 5.74) is 7.20. The van der Waals surface area contributed by atoms with Gasteiger partial charge in [0.25, 0.3) is 0 Å². The molecule has 0 aliphatic heterocycles. The number of pyridine rings is 1. The second-order valence-corrected chi connectivity index (χ2v) is 11.9. The first kappa shape index (κ1) is 25.6. The molecule has 0 N–H and O–H groups in total. The second-order valence-electron chi connectivity index (χ2n) is 11.9. The van der Waals surface area contributed by atoms with Gasteiger partial charge < -0.3 is 0 Å². The van der Waals surface area contributed by atoms with Gasteiger partial charge in [0.1, 0.15) is 5.82 Å². The van der Waals surface area contributed by atoms with E-state index in [-0.39, 0.29) is 28.5 Å². The lowest BCUT2D eigenvalue weighted by Crippen LogP contribution is -2.23. The van der Waals surface area contributed by atoms with E-state index in [2.05, 4.69) is 84.9 Å². The van der Waals surface area contributed by atoms with E-state index >= 15 is 0 Å². The summed E-state index contributed by atoms with van der Waals surface area (Å²) in [5, 5.41) is 0. The minimum Gasteiger partial charge on any atom is -0.256 e. The molecule has 4 rings (SSSR count). The highest BCUT2D eigenvalue weighted by Crippen LogP contribution is 2.54. The Bertz CT molecular complexity index is 1150.